The van der Waals surface area contributed by atoms with E-state index in [0.717, 1.165) is 0 Å². The van der Waals surface area contributed by atoms with E-state index >= 15 is 0 Å². The second-order valence-corrected chi connectivity index (χ2v) is 3.71. The van der Waals surface area contributed by atoms with Crippen LogP contribution in [-0.2, 0) is 4.74 Å². The second-order valence-electron chi connectivity index (χ2n) is 3.35. The summed E-state index contributed by atoms with van der Waals surface area (Å²) in [7, 11) is 2.74. The van der Waals surface area contributed by atoms with E-state index in [1.165, 1.54) is 20.4 Å². The number of hydrogen-bond donors (Lipinski definition) is 0. The Morgan fingerprint density at radius 3 is 2.58 bits per heavy atom. The molecule has 0 fully saturated rings. The van der Waals surface area contributed by atoms with Gasteiger partial charge in [0.25, 0.3) is 0 Å². The van der Waals surface area contributed by atoms with Gasteiger partial charge in [-0.1, -0.05) is 11.6 Å². The molecule has 0 bridgehead atoms. The minimum Gasteiger partial charge on any atom is -0.480 e. The van der Waals surface area contributed by atoms with Crippen molar-refractivity contribution >= 4 is 17.6 Å². The fraction of sp³-hybridized carbons (Fsp3) is 0.182. The van der Waals surface area contributed by atoms with Gasteiger partial charge < -0.3 is 9.47 Å². The number of ether oxygens (including phenoxy) is 2. The molecule has 0 radical (unpaired) electrons. The van der Waals surface area contributed by atoms with E-state index in [9.17, 15) is 4.79 Å². The molecule has 0 spiro atoms. The summed E-state index contributed by atoms with van der Waals surface area (Å²) in [6.07, 6.45) is 1.28. The highest BCUT2D eigenvalue weighted by Gasteiger charge is 2.15. The molecule has 2 heterocycles. The summed E-state index contributed by atoms with van der Waals surface area (Å²) in [4.78, 5) is 19.3. The molecule has 0 aliphatic rings. The van der Waals surface area contributed by atoms with E-state index in [-0.39, 0.29) is 16.5 Å². The zero-order valence-corrected chi connectivity index (χ0v) is 10.9. The fourth-order valence-electron chi connectivity index (χ4n) is 1.28. The molecule has 0 aliphatic carbocycles. The SMILES string of the molecule is COC(=O)c1cnc(-c2ccc(OC)nn2)nc1Cl. The molecule has 2 aromatic rings. The number of hydrogen-bond acceptors (Lipinski definition) is 7. The normalized spacial score (nSPS) is 10.1. The Hall–Kier alpha value is -2.28. The van der Waals surface area contributed by atoms with Crippen LogP contribution in [0.1, 0.15) is 10.4 Å². The lowest BCUT2D eigenvalue weighted by molar-refractivity contribution is 0.0600. The van der Waals surface area contributed by atoms with Gasteiger partial charge in [-0.15, -0.1) is 10.2 Å². The summed E-state index contributed by atoms with van der Waals surface area (Å²) < 4.78 is 9.44. The van der Waals surface area contributed by atoms with Crippen LogP contribution in [0.3, 0.4) is 0 Å². The summed E-state index contributed by atoms with van der Waals surface area (Å²) in [6, 6.07) is 3.25. The molecular weight excluding hydrogens is 272 g/mol. The van der Waals surface area contributed by atoms with Gasteiger partial charge in [0.15, 0.2) is 5.82 Å². The average molecular weight is 281 g/mol. The molecule has 0 aromatic carbocycles. The molecule has 2 rings (SSSR count). The predicted molar refractivity (Wildman–Crippen MR) is 66.0 cm³/mol. The van der Waals surface area contributed by atoms with E-state index in [1.807, 2.05) is 0 Å². The smallest absolute Gasteiger partial charge is 0.342 e. The molecule has 2 aromatic heterocycles. The van der Waals surface area contributed by atoms with Crippen LogP contribution in [0.5, 0.6) is 5.88 Å². The summed E-state index contributed by atoms with van der Waals surface area (Å²) in [5.74, 6) is 0.0335. The van der Waals surface area contributed by atoms with E-state index in [2.05, 4.69) is 24.9 Å². The maximum absolute atomic E-state index is 11.3. The molecule has 98 valence electrons. The Morgan fingerprint density at radius 1 is 1.26 bits per heavy atom. The molecule has 0 atom stereocenters. The van der Waals surface area contributed by atoms with Gasteiger partial charge in [-0.25, -0.2) is 14.8 Å². The van der Waals surface area contributed by atoms with Crippen molar-refractivity contribution in [2.75, 3.05) is 14.2 Å². The van der Waals surface area contributed by atoms with Gasteiger partial charge in [-0.05, 0) is 6.07 Å². The maximum atomic E-state index is 11.3. The summed E-state index contributed by atoms with van der Waals surface area (Å²) in [6.45, 7) is 0. The highest BCUT2D eigenvalue weighted by atomic mass is 35.5. The minimum absolute atomic E-state index is 0.00512. The molecule has 0 unspecified atom stereocenters. The molecule has 0 amide bonds. The van der Waals surface area contributed by atoms with Gasteiger partial charge in [0.1, 0.15) is 16.4 Å². The minimum atomic E-state index is -0.600. The molecule has 0 saturated heterocycles. The lowest BCUT2D eigenvalue weighted by Crippen LogP contribution is -2.05. The average Bonchev–Trinajstić information content (AvgIpc) is 2.46. The zero-order chi connectivity index (χ0) is 13.8. The molecule has 8 heteroatoms. The third-order valence-electron chi connectivity index (χ3n) is 2.23. The Bertz CT molecular complexity index is 603. The first-order chi connectivity index (χ1) is 9.15. The van der Waals surface area contributed by atoms with Crippen LogP contribution in [-0.4, -0.2) is 40.4 Å². The summed E-state index contributed by atoms with van der Waals surface area (Å²) in [5, 5.41) is 7.67. The number of aromatic nitrogens is 4. The van der Waals surface area contributed by atoms with Gasteiger partial charge in [-0.3, -0.25) is 0 Å². The summed E-state index contributed by atoms with van der Waals surface area (Å²) in [5.41, 5.74) is 0.508. The van der Waals surface area contributed by atoms with Crippen molar-refractivity contribution in [1.82, 2.24) is 20.2 Å². The molecular formula is C11H9ClN4O3. The van der Waals surface area contributed by atoms with Crippen LogP contribution in [0.4, 0.5) is 0 Å². The number of rotatable bonds is 3. The Morgan fingerprint density at radius 2 is 2.05 bits per heavy atom. The van der Waals surface area contributed by atoms with Crippen molar-refractivity contribution in [3.05, 3.63) is 29.0 Å². The maximum Gasteiger partial charge on any atom is 0.342 e. The lowest BCUT2D eigenvalue weighted by atomic mass is 10.3. The first-order valence-electron chi connectivity index (χ1n) is 5.14. The molecule has 0 saturated carbocycles. The molecule has 7 nitrogen and oxygen atoms in total. The van der Waals surface area contributed by atoms with Gasteiger partial charge in [0.2, 0.25) is 5.88 Å². The number of nitrogens with zero attached hydrogens (tertiary/aromatic N) is 4. The van der Waals surface area contributed by atoms with Crippen LogP contribution in [0, 0.1) is 0 Å². The van der Waals surface area contributed by atoms with Crippen molar-refractivity contribution in [1.29, 1.82) is 0 Å². The highest BCUT2D eigenvalue weighted by Crippen LogP contribution is 2.18. The summed E-state index contributed by atoms with van der Waals surface area (Å²) >= 11 is 5.89. The van der Waals surface area contributed by atoms with Crippen LogP contribution in [0.2, 0.25) is 5.15 Å². The van der Waals surface area contributed by atoms with E-state index < -0.39 is 5.97 Å². The van der Waals surface area contributed by atoms with Crippen LogP contribution < -0.4 is 4.74 Å². The van der Waals surface area contributed by atoms with Crippen molar-refractivity contribution < 1.29 is 14.3 Å². The first-order valence-corrected chi connectivity index (χ1v) is 5.52. The second kappa shape index (κ2) is 5.57. The Labute approximate surface area is 113 Å². The molecule has 0 aliphatic heterocycles. The van der Waals surface area contributed by atoms with E-state index in [1.54, 1.807) is 12.1 Å². The first kappa shape index (κ1) is 13.2. The number of methoxy groups -OCH3 is 2. The standard InChI is InChI=1S/C11H9ClN4O3/c1-18-8-4-3-7(15-16-8)10-13-5-6(9(12)14-10)11(17)19-2/h3-5H,1-2H3. The number of carbonyl (C=O) groups excluding carboxylic acids is 1. The quantitative estimate of drug-likeness (QED) is 0.620. The van der Waals surface area contributed by atoms with Crippen molar-refractivity contribution in [2.45, 2.75) is 0 Å². The van der Waals surface area contributed by atoms with Crippen LogP contribution in [0.15, 0.2) is 18.3 Å². The van der Waals surface area contributed by atoms with Crippen molar-refractivity contribution in [3.8, 4) is 17.4 Å². The zero-order valence-electron chi connectivity index (χ0n) is 10.1. The van der Waals surface area contributed by atoms with Gasteiger partial charge in [-0.2, -0.15) is 0 Å². The monoisotopic (exact) mass is 280 g/mol. The largest absolute Gasteiger partial charge is 0.480 e. The Kier molecular flexibility index (Phi) is 3.86. The van der Waals surface area contributed by atoms with Crippen molar-refractivity contribution in [3.63, 3.8) is 0 Å². The van der Waals surface area contributed by atoms with Gasteiger partial charge >= 0.3 is 5.97 Å². The highest BCUT2D eigenvalue weighted by molar-refractivity contribution is 6.32. The molecule has 19 heavy (non-hydrogen) atoms. The lowest BCUT2D eigenvalue weighted by Gasteiger charge is -2.03. The predicted octanol–water partition coefficient (Wildman–Crippen LogP) is 1.38. The number of carbonyl (C=O) groups is 1. The molecule has 0 N–H and O–H groups in total. The number of halogens is 1. The van der Waals surface area contributed by atoms with Crippen LogP contribution in [0.25, 0.3) is 11.5 Å². The third kappa shape index (κ3) is 2.76. The topological polar surface area (TPSA) is 87.1 Å². The Balaban J connectivity index is 2.35. The van der Waals surface area contributed by atoms with Crippen LogP contribution >= 0.6 is 11.6 Å². The van der Waals surface area contributed by atoms with Gasteiger partial charge in [0.05, 0.1) is 14.2 Å². The van der Waals surface area contributed by atoms with Crippen molar-refractivity contribution in [2.24, 2.45) is 0 Å². The third-order valence-corrected chi connectivity index (χ3v) is 2.51. The van der Waals surface area contributed by atoms with E-state index in [0.29, 0.717) is 11.6 Å². The van der Waals surface area contributed by atoms with E-state index in [4.69, 9.17) is 16.3 Å². The fourth-order valence-corrected chi connectivity index (χ4v) is 1.49. The van der Waals surface area contributed by atoms with Gasteiger partial charge in [0, 0.05) is 12.3 Å². The number of esters is 1.